The number of rotatable bonds is 4. The van der Waals surface area contributed by atoms with E-state index in [1.807, 2.05) is 31.2 Å². The van der Waals surface area contributed by atoms with Gasteiger partial charge in [0.1, 0.15) is 0 Å². The van der Waals surface area contributed by atoms with Gasteiger partial charge >= 0.3 is 0 Å². The van der Waals surface area contributed by atoms with Crippen LogP contribution in [0.4, 0.5) is 15.8 Å². The van der Waals surface area contributed by atoms with Crippen molar-refractivity contribution in [3.8, 4) is 5.75 Å². The molecule has 0 fully saturated rings. The van der Waals surface area contributed by atoms with Gasteiger partial charge in [-0.3, -0.25) is 0 Å². The molecule has 3 heteroatoms. The summed E-state index contributed by atoms with van der Waals surface area (Å²) in [4.78, 5) is 0. The lowest BCUT2D eigenvalue weighted by Crippen LogP contribution is -1.96. The number of anilines is 2. The van der Waals surface area contributed by atoms with Crippen molar-refractivity contribution in [1.29, 1.82) is 0 Å². The van der Waals surface area contributed by atoms with Crippen LogP contribution in [0, 0.1) is 11.9 Å². The standard InChI is InChI=1S/C14H13FNO/c1-2-17-14-10-12(8-9-13(14)15)16-11-6-4-3-5-7-11/h4-10,16H,2H2,1H3. The van der Waals surface area contributed by atoms with Gasteiger partial charge in [-0.05, 0) is 37.3 Å². The monoisotopic (exact) mass is 230 g/mol. The molecule has 17 heavy (non-hydrogen) atoms. The van der Waals surface area contributed by atoms with Crippen LogP contribution in [0.1, 0.15) is 6.92 Å². The molecule has 87 valence electrons. The van der Waals surface area contributed by atoms with Gasteiger partial charge < -0.3 is 10.1 Å². The summed E-state index contributed by atoms with van der Waals surface area (Å²) < 4.78 is 18.5. The summed E-state index contributed by atoms with van der Waals surface area (Å²) >= 11 is 0. The number of hydrogen-bond acceptors (Lipinski definition) is 2. The van der Waals surface area contributed by atoms with Crippen molar-refractivity contribution in [3.63, 3.8) is 0 Å². The maximum absolute atomic E-state index is 13.3. The van der Waals surface area contributed by atoms with Crippen molar-refractivity contribution in [2.45, 2.75) is 6.92 Å². The third kappa shape index (κ3) is 2.97. The van der Waals surface area contributed by atoms with Crippen LogP contribution in [-0.2, 0) is 0 Å². The largest absolute Gasteiger partial charge is 0.491 e. The molecule has 0 aliphatic heterocycles. The zero-order valence-electron chi connectivity index (χ0n) is 9.53. The Kier molecular flexibility index (Phi) is 3.60. The lowest BCUT2D eigenvalue weighted by molar-refractivity contribution is 0.322. The van der Waals surface area contributed by atoms with Crippen molar-refractivity contribution < 1.29 is 9.13 Å². The Hall–Kier alpha value is -2.03. The number of ether oxygens (including phenoxy) is 1. The molecule has 0 heterocycles. The molecule has 0 saturated heterocycles. The molecule has 0 aliphatic rings. The smallest absolute Gasteiger partial charge is 0.165 e. The second kappa shape index (κ2) is 5.34. The predicted octanol–water partition coefficient (Wildman–Crippen LogP) is 3.77. The molecule has 2 aromatic rings. The third-order valence-corrected chi connectivity index (χ3v) is 2.24. The third-order valence-electron chi connectivity index (χ3n) is 2.24. The van der Waals surface area contributed by atoms with E-state index in [9.17, 15) is 4.39 Å². The summed E-state index contributed by atoms with van der Waals surface area (Å²) in [6.45, 7) is 2.27. The first-order chi connectivity index (χ1) is 8.29. The molecule has 0 unspecified atom stereocenters. The van der Waals surface area contributed by atoms with E-state index in [2.05, 4.69) is 11.4 Å². The molecule has 0 saturated carbocycles. The Balaban J connectivity index is 2.19. The Labute approximate surface area is 100 Å². The number of nitrogens with one attached hydrogen (secondary N) is 1. The van der Waals surface area contributed by atoms with Crippen LogP contribution in [0.2, 0.25) is 0 Å². The predicted molar refractivity (Wildman–Crippen MR) is 66.1 cm³/mol. The van der Waals surface area contributed by atoms with Crippen LogP contribution in [0.25, 0.3) is 0 Å². The fourth-order valence-corrected chi connectivity index (χ4v) is 1.48. The second-order valence-corrected chi connectivity index (χ2v) is 3.49. The molecule has 0 bridgehead atoms. The molecule has 1 N–H and O–H groups in total. The highest BCUT2D eigenvalue weighted by molar-refractivity contribution is 5.61. The normalized spacial score (nSPS) is 10.0. The Morgan fingerprint density at radius 3 is 2.65 bits per heavy atom. The average Bonchev–Trinajstić information content (AvgIpc) is 2.35. The Morgan fingerprint density at radius 2 is 1.94 bits per heavy atom. The first kappa shape index (κ1) is 11.5. The summed E-state index contributed by atoms with van der Waals surface area (Å²) in [5.74, 6) is -0.0845. The lowest BCUT2D eigenvalue weighted by Gasteiger charge is -2.09. The van der Waals surface area contributed by atoms with Gasteiger partial charge in [-0.25, -0.2) is 4.39 Å². The summed E-state index contributed by atoms with van der Waals surface area (Å²) in [6, 6.07) is 15.1. The maximum Gasteiger partial charge on any atom is 0.165 e. The molecule has 0 atom stereocenters. The van der Waals surface area contributed by atoms with E-state index in [1.54, 1.807) is 12.1 Å². The minimum Gasteiger partial charge on any atom is -0.491 e. The molecule has 1 radical (unpaired) electrons. The summed E-state index contributed by atoms with van der Waals surface area (Å²) in [5.41, 5.74) is 1.72. The van der Waals surface area contributed by atoms with Crippen molar-refractivity contribution in [3.05, 3.63) is 54.3 Å². The zero-order chi connectivity index (χ0) is 12.1. The molecular formula is C14H13FNO. The van der Waals surface area contributed by atoms with Gasteiger partial charge in [0.15, 0.2) is 11.6 Å². The van der Waals surface area contributed by atoms with Gasteiger partial charge in [-0.1, -0.05) is 12.1 Å². The van der Waals surface area contributed by atoms with Gasteiger partial charge in [-0.15, -0.1) is 0 Å². The Morgan fingerprint density at radius 1 is 1.18 bits per heavy atom. The average molecular weight is 230 g/mol. The van der Waals surface area contributed by atoms with Crippen LogP contribution in [0.3, 0.4) is 0 Å². The fraction of sp³-hybridized carbons (Fsp3) is 0.143. The number of halogens is 1. The van der Waals surface area contributed by atoms with E-state index in [-0.39, 0.29) is 11.6 Å². The lowest BCUT2D eigenvalue weighted by atomic mass is 10.2. The van der Waals surface area contributed by atoms with Gasteiger partial charge in [0, 0.05) is 17.4 Å². The molecule has 0 spiro atoms. The summed E-state index contributed by atoms with van der Waals surface area (Å²) in [5, 5.41) is 3.16. The molecule has 0 aliphatic carbocycles. The van der Waals surface area contributed by atoms with E-state index < -0.39 is 0 Å². The van der Waals surface area contributed by atoms with Gasteiger partial charge in [-0.2, -0.15) is 0 Å². The van der Waals surface area contributed by atoms with Crippen LogP contribution < -0.4 is 10.1 Å². The molecule has 2 aromatic carbocycles. The van der Waals surface area contributed by atoms with E-state index >= 15 is 0 Å². The van der Waals surface area contributed by atoms with Gasteiger partial charge in [0.25, 0.3) is 0 Å². The minimum absolute atomic E-state index is 0.264. The maximum atomic E-state index is 13.3. The fourth-order valence-electron chi connectivity index (χ4n) is 1.48. The highest BCUT2D eigenvalue weighted by Crippen LogP contribution is 2.24. The molecule has 0 amide bonds. The van der Waals surface area contributed by atoms with Crippen molar-refractivity contribution >= 4 is 11.4 Å². The number of hydrogen-bond donors (Lipinski definition) is 1. The van der Waals surface area contributed by atoms with Gasteiger partial charge in [0.05, 0.1) is 6.61 Å². The van der Waals surface area contributed by atoms with E-state index in [4.69, 9.17) is 4.74 Å². The van der Waals surface area contributed by atoms with E-state index in [0.717, 1.165) is 11.4 Å². The van der Waals surface area contributed by atoms with Crippen LogP contribution in [0.5, 0.6) is 5.75 Å². The molecule has 2 rings (SSSR count). The zero-order valence-corrected chi connectivity index (χ0v) is 9.53. The van der Waals surface area contributed by atoms with Crippen molar-refractivity contribution in [1.82, 2.24) is 0 Å². The van der Waals surface area contributed by atoms with E-state index in [1.165, 1.54) is 6.07 Å². The SMILES string of the molecule is CCOc1cc(Nc2cc[c]cc2)ccc1F. The highest BCUT2D eigenvalue weighted by atomic mass is 19.1. The van der Waals surface area contributed by atoms with Crippen LogP contribution in [0.15, 0.2) is 42.5 Å². The second-order valence-electron chi connectivity index (χ2n) is 3.49. The Bertz CT molecular complexity index is 485. The number of benzene rings is 2. The molecular weight excluding hydrogens is 217 g/mol. The first-order valence-corrected chi connectivity index (χ1v) is 5.45. The quantitative estimate of drug-likeness (QED) is 0.863. The topological polar surface area (TPSA) is 21.3 Å². The van der Waals surface area contributed by atoms with Crippen LogP contribution in [-0.4, -0.2) is 6.61 Å². The van der Waals surface area contributed by atoms with Gasteiger partial charge in [0.2, 0.25) is 0 Å². The van der Waals surface area contributed by atoms with Crippen molar-refractivity contribution in [2.24, 2.45) is 0 Å². The highest BCUT2D eigenvalue weighted by Gasteiger charge is 2.04. The van der Waals surface area contributed by atoms with Crippen LogP contribution >= 0.6 is 0 Å². The summed E-state index contributed by atoms with van der Waals surface area (Å²) in [7, 11) is 0. The minimum atomic E-state index is -0.348. The summed E-state index contributed by atoms with van der Waals surface area (Å²) in [6.07, 6.45) is 0. The van der Waals surface area contributed by atoms with Crippen molar-refractivity contribution in [2.75, 3.05) is 11.9 Å². The first-order valence-electron chi connectivity index (χ1n) is 5.45. The molecule has 0 aromatic heterocycles. The van der Waals surface area contributed by atoms with E-state index in [0.29, 0.717) is 6.61 Å². The molecule has 2 nitrogen and oxygen atoms in total.